The average molecular weight is 1120 g/mol. The summed E-state index contributed by atoms with van der Waals surface area (Å²) in [4.78, 5) is 73.4. The lowest BCUT2D eigenvalue weighted by Crippen LogP contribution is -2.24. The van der Waals surface area contributed by atoms with E-state index in [-0.39, 0.29) is 34.9 Å². The van der Waals surface area contributed by atoms with Crippen LogP contribution in [0.3, 0.4) is 0 Å². The summed E-state index contributed by atoms with van der Waals surface area (Å²) in [6.07, 6.45) is 0. The lowest BCUT2D eigenvalue weighted by atomic mass is 9.98. The van der Waals surface area contributed by atoms with Gasteiger partial charge >= 0.3 is 11.9 Å². The summed E-state index contributed by atoms with van der Waals surface area (Å²) in [5, 5.41) is 17.6. The second-order valence-corrected chi connectivity index (χ2v) is 22.2. The number of Topliss-reactive ketones (excluding diaryl/α,β-unsaturated/α-hetero) is 2. The van der Waals surface area contributed by atoms with E-state index in [4.69, 9.17) is 4.74 Å². The molecular formula is C72H68N4O8. The average Bonchev–Trinajstić information content (AvgIpc) is 2.63. The third-order valence-corrected chi connectivity index (χ3v) is 15.3. The quantitative estimate of drug-likeness (QED) is 0.0635. The van der Waals surface area contributed by atoms with E-state index in [9.17, 15) is 33.9 Å². The van der Waals surface area contributed by atoms with E-state index in [0.29, 0.717) is 59.6 Å². The second-order valence-electron chi connectivity index (χ2n) is 22.2. The zero-order chi connectivity index (χ0) is 60.0. The topological polar surface area (TPSA) is 166 Å². The number of hydrogen-bond donors (Lipinski definition) is 3. The fourth-order valence-electron chi connectivity index (χ4n) is 10.4. The summed E-state index contributed by atoms with van der Waals surface area (Å²) >= 11 is 0. The molecule has 0 radical (unpaired) electrons. The zero-order valence-corrected chi connectivity index (χ0v) is 48.8. The number of carbonyl (C=O) groups excluding carboxylic acids is 5. The number of ether oxygens (including phenoxy) is 1. The summed E-state index contributed by atoms with van der Waals surface area (Å²) in [6, 6.07) is 56.9. The number of carbonyl (C=O) groups is 6. The molecule has 2 heterocycles. The summed E-state index contributed by atoms with van der Waals surface area (Å²) in [5.74, 6) is -1.54. The Bertz CT molecular complexity index is 4140. The molecule has 12 nitrogen and oxygen atoms in total. The number of ketones is 2. The zero-order valence-electron chi connectivity index (χ0n) is 48.8. The van der Waals surface area contributed by atoms with Crippen LogP contribution in [0.25, 0.3) is 44.1 Å². The Hall–Kier alpha value is -9.94. The Morgan fingerprint density at radius 2 is 0.810 bits per heavy atom. The summed E-state index contributed by atoms with van der Waals surface area (Å²) in [6.45, 7) is 19.1. The molecule has 0 atom stereocenters. The minimum absolute atomic E-state index is 0.0139. The minimum atomic E-state index is -0.944. The van der Waals surface area contributed by atoms with E-state index >= 15 is 0 Å². The van der Waals surface area contributed by atoms with E-state index in [2.05, 4.69) is 59.6 Å². The number of aromatic carboxylic acids is 1. The van der Waals surface area contributed by atoms with E-state index in [1.54, 1.807) is 42.5 Å². The molecule has 12 heteroatoms. The highest BCUT2D eigenvalue weighted by Gasteiger charge is 2.22. The first-order valence-corrected chi connectivity index (χ1v) is 27.9. The van der Waals surface area contributed by atoms with E-state index in [0.717, 1.165) is 83.3 Å². The van der Waals surface area contributed by atoms with Gasteiger partial charge < -0.3 is 29.6 Å². The maximum Gasteiger partial charge on any atom is 0.339 e. The second kappa shape index (κ2) is 25.1. The first-order valence-electron chi connectivity index (χ1n) is 27.9. The SMILES string of the molecule is CC(=O)c1ccc(CNC(=O)c2ccc3c(c2)c(C)c(C)n3Cc2ccc(-c3ccccc3C(=O)O)cc2)cc1.CC(=O)c1ccc(CNC(=O)c2ccc3c(c2)c(C)c(C)n3Cc2ccc(-c3ccccc3C(=O)OC(C)(C)C)cc2)cc1. The fraction of sp³-hybridized carbons (Fsp3) is 0.194. The molecule has 2 amide bonds. The summed E-state index contributed by atoms with van der Waals surface area (Å²) < 4.78 is 10.1. The first-order chi connectivity index (χ1) is 40.1. The number of benzene rings is 8. The molecule has 0 spiro atoms. The van der Waals surface area contributed by atoms with Gasteiger partial charge in [-0.25, -0.2) is 9.59 Å². The highest BCUT2D eigenvalue weighted by atomic mass is 16.6. The number of carboxylic acids is 1. The van der Waals surface area contributed by atoms with Crippen molar-refractivity contribution in [2.24, 2.45) is 0 Å². The largest absolute Gasteiger partial charge is 0.478 e. The molecule has 2 aromatic heterocycles. The van der Waals surface area contributed by atoms with Crippen LogP contribution < -0.4 is 10.6 Å². The molecule has 0 aliphatic carbocycles. The van der Waals surface area contributed by atoms with Crippen molar-refractivity contribution in [3.8, 4) is 22.3 Å². The number of carboxylic acid groups (broad SMARTS) is 1. The van der Waals surface area contributed by atoms with Crippen LogP contribution in [-0.2, 0) is 30.9 Å². The Kier molecular flexibility index (Phi) is 17.5. The molecule has 84 heavy (non-hydrogen) atoms. The van der Waals surface area contributed by atoms with Gasteiger partial charge in [-0.05, 0) is 166 Å². The number of aromatic nitrogens is 2. The maximum atomic E-state index is 13.0. The van der Waals surface area contributed by atoms with Gasteiger partial charge in [-0.2, -0.15) is 0 Å². The molecule has 10 rings (SSSR count). The van der Waals surface area contributed by atoms with Gasteiger partial charge in [0.05, 0.1) is 11.1 Å². The van der Waals surface area contributed by atoms with E-state index < -0.39 is 11.6 Å². The smallest absolute Gasteiger partial charge is 0.339 e. The minimum Gasteiger partial charge on any atom is -0.478 e. The molecule has 424 valence electrons. The number of rotatable bonds is 16. The molecule has 0 fully saturated rings. The molecule has 0 bridgehead atoms. The predicted octanol–water partition coefficient (Wildman–Crippen LogP) is 14.9. The third-order valence-electron chi connectivity index (χ3n) is 15.3. The number of nitrogens with zero attached hydrogens (tertiary/aromatic N) is 2. The Morgan fingerprint density at radius 1 is 0.452 bits per heavy atom. The Labute approximate surface area is 489 Å². The molecule has 0 unspecified atom stereocenters. The molecule has 0 aliphatic heterocycles. The van der Waals surface area contributed by atoms with Crippen LogP contribution in [0.15, 0.2) is 182 Å². The van der Waals surface area contributed by atoms with Gasteiger partial charge in [0.15, 0.2) is 11.6 Å². The highest BCUT2D eigenvalue weighted by molar-refractivity contribution is 6.01. The lowest BCUT2D eigenvalue weighted by molar-refractivity contribution is 0.00697. The first kappa shape index (κ1) is 58.7. The van der Waals surface area contributed by atoms with Crippen molar-refractivity contribution in [1.82, 2.24) is 19.8 Å². The molecule has 3 N–H and O–H groups in total. The molecular weight excluding hydrogens is 1050 g/mol. The van der Waals surface area contributed by atoms with Gasteiger partial charge in [0.1, 0.15) is 5.60 Å². The number of amides is 2. The third kappa shape index (κ3) is 13.4. The standard InChI is InChI=1S/C38H38N2O4.C34H30N2O4/c1-24-25(2)40(23-28-13-17-30(18-14-28)32-9-7-8-10-33(32)37(43)44-38(4,5)6)35-20-19-31(21-34(24)35)36(42)39-22-27-11-15-29(16-12-27)26(3)41;1-21-22(2)36(20-25-10-14-27(15-11-25)29-6-4-5-7-30(29)34(39)40)32-17-16-28(18-31(21)32)33(38)35-19-24-8-12-26(13-9-24)23(3)37/h7-21H,22-23H2,1-6H3,(H,39,42);4-18H,19-20H2,1-3H3,(H,35,38)(H,39,40). The summed E-state index contributed by atoms with van der Waals surface area (Å²) in [5.41, 5.74) is 16.8. The number of hydrogen-bond acceptors (Lipinski definition) is 7. The van der Waals surface area contributed by atoms with Gasteiger partial charge in [-0.1, -0.05) is 133 Å². The van der Waals surface area contributed by atoms with Crippen LogP contribution in [0.2, 0.25) is 0 Å². The van der Waals surface area contributed by atoms with Crippen molar-refractivity contribution in [3.63, 3.8) is 0 Å². The Morgan fingerprint density at radius 3 is 1.19 bits per heavy atom. The van der Waals surface area contributed by atoms with Gasteiger partial charge in [-0.3, -0.25) is 19.2 Å². The monoisotopic (exact) mass is 1120 g/mol. The van der Waals surface area contributed by atoms with Gasteiger partial charge in [-0.15, -0.1) is 0 Å². The molecule has 0 aliphatic rings. The number of fused-ring (bicyclic) bond motifs is 2. The number of nitrogens with one attached hydrogen (secondary N) is 2. The van der Waals surface area contributed by atoms with Crippen molar-refractivity contribution in [2.45, 2.75) is 94.1 Å². The Balaban J connectivity index is 0.000000202. The van der Waals surface area contributed by atoms with Crippen LogP contribution in [0, 0.1) is 27.7 Å². The van der Waals surface area contributed by atoms with Crippen LogP contribution in [0.4, 0.5) is 0 Å². The highest BCUT2D eigenvalue weighted by Crippen LogP contribution is 2.32. The van der Waals surface area contributed by atoms with Crippen molar-refractivity contribution in [1.29, 1.82) is 0 Å². The number of esters is 1. The molecule has 0 saturated heterocycles. The van der Waals surface area contributed by atoms with Crippen LogP contribution in [0.1, 0.15) is 142 Å². The fourth-order valence-corrected chi connectivity index (χ4v) is 10.4. The van der Waals surface area contributed by atoms with Gasteiger partial charge in [0.25, 0.3) is 11.8 Å². The number of aryl methyl sites for hydroxylation is 2. The van der Waals surface area contributed by atoms with Crippen LogP contribution >= 0.6 is 0 Å². The van der Waals surface area contributed by atoms with Crippen LogP contribution in [0.5, 0.6) is 0 Å². The van der Waals surface area contributed by atoms with E-state index in [1.807, 2.05) is 148 Å². The van der Waals surface area contributed by atoms with Crippen LogP contribution in [-0.4, -0.2) is 55.2 Å². The maximum absolute atomic E-state index is 13.0. The van der Waals surface area contributed by atoms with Gasteiger partial charge in [0.2, 0.25) is 0 Å². The van der Waals surface area contributed by atoms with Crippen molar-refractivity contribution >= 4 is 57.1 Å². The normalized spacial score (nSPS) is 11.2. The van der Waals surface area contributed by atoms with Crippen molar-refractivity contribution in [2.75, 3.05) is 0 Å². The molecule has 10 aromatic rings. The van der Waals surface area contributed by atoms with Crippen molar-refractivity contribution < 1.29 is 38.6 Å². The summed E-state index contributed by atoms with van der Waals surface area (Å²) in [7, 11) is 0. The van der Waals surface area contributed by atoms with Gasteiger partial charge in [0, 0.05) is 81.6 Å². The lowest BCUT2D eigenvalue weighted by Gasteiger charge is -2.20. The predicted molar refractivity (Wildman–Crippen MR) is 332 cm³/mol. The van der Waals surface area contributed by atoms with Crippen molar-refractivity contribution in [3.05, 3.63) is 260 Å². The molecule has 8 aromatic carbocycles. The molecule has 0 saturated carbocycles. The van der Waals surface area contributed by atoms with E-state index in [1.165, 1.54) is 13.8 Å².